The summed E-state index contributed by atoms with van der Waals surface area (Å²) in [7, 11) is 0. The zero-order chi connectivity index (χ0) is 17.6. The van der Waals surface area contributed by atoms with Crippen LogP contribution in [0.2, 0.25) is 0 Å². The highest BCUT2D eigenvalue weighted by atomic mass is 19.1. The molecule has 2 aliphatic rings. The van der Waals surface area contributed by atoms with Gasteiger partial charge in [0.25, 0.3) is 5.91 Å². The molecule has 1 saturated heterocycles. The van der Waals surface area contributed by atoms with Crippen LogP contribution in [0.4, 0.5) is 10.1 Å². The van der Waals surface area contributed by atoms with Gasteiger partial charge >= 0.3 is 0 Å². The number of hydrogen-bond acceptors (Lipinski definition) is 4. The molecule has 2 aliphatic heterocycles. The molecule has 0 unspecified atom stereocenters. The minimum Gasteiger partial charge on any atom is -0.274 e. The fraction of sp³-hybridized carbons (Fsp3) is 0.158. The molecule has 1 N–H and O–H groups in total. The van der Waals surface area contributed by atoms with E-state index in [1.807, 2.05) is 31.2 Å². The van der Waals surface area contributed by atoms with Crippen LogP contribution in [0.1, 0.15) is 17.5 Å². The molecule has 25 heavy (non-hydrogen) atoms. The number of imide groups is 1. The van der Waals surface area contributed by atoms with Gasteiger partial charge in [-0.05, 0) is 42.8 Å². The quantitative estimate of drug-likeness (QED) is 0.856. The predicted octanol–water partition coefficient (Wildman–Crippen LogP) is 2.71. The maximum atomic E-state index is 13.1. The van der Waals surface area contributed by atoms with Crippen molar-refractivity contribution in [2.24, 2.45) is 0 Å². The van der Waals surface area contributed by atoms with Gasteiger partial charge in [0.1, 0.15) is 5.82 Å². The first-order valence-electron chi connectivity index (χ1n) is 7.85. The standard InChI is InChI=1S/C19H15FN2O3/c1-12-2-4-13(5-3-12)16-10-19(25-21-16)11-17(23)22(18(19)24)15-8-6-14(20)7-9-15/h2-10,21H,11H2,1H3/t19-/m1/s1. The van der Waals surface area contributed by atoms with E-state index in [1.54, 1.807) is 6.08 Å². The Morgan fingerprint density at radius 2 is 1.76 bits per heavy atom. The highest BCUT2D eigenvalue weighted by Gasteiger charge is 2.55. The zero-order valence-electron chi connectivity index (χ0n) is 13.5. The first-order chi connectivity index (χ1) is 12.0. The molecule has 4 rings (SSSR count). The topological polar surface area (TPSA) is 58.6 Å². The summed E-state index contributed by atoms with van der Waals surface area (Å²) in [6.07, 6.45) is 1.53. The van der Waals surface area contributed by atoms with E-state index in [9.17, 15) is 14.0 Å². The lowest BCUT2D eigenvalue weighted by atomic mass is 9.99. The van der Waals surface area contributed by atoms with E-state index >= 15 is 0 Å². The number of rotatable bonds is 2. The summed E-state index contributed by atoms with van der Waals surface area (Å²) >= 11 is 0. The first kappa shape index (κ1) is 15.5. The van der Waals surface area contributed by atoms with Crippen LogP contribution in [-0.4, -0.2) is 17.4 Å². The number of anilines is 1. The third-order valence-corrected chi connectivity index (χ3v) is 4.40. The fourth-order valence-corrected chi connectivity index (χ4v) is 3.04. The molecule has 0 aromatic heterocycles. The van der Waals surface area contributed by atoms with Gasteiger partial charge in [-0.15, -0.1) is 0 Å². The van der Waals surface area contributed by atoms with E-state index in [0.29, 0.717) is 11.4 Å². The van der Waals surface area contributed by atoms with Crippen molar-refractivity contribution in [2.75, 3.05) is 4.90 Å². The summed E-state index contributed by atoms with van der Waals surface area (Å²) < 4.78 is 13.1. The molecule has 2 heterocycles. The van der Waals surface area contributed by atoms with E-state index in [2.05, 4.69) is 5.48 Å². The third-order valence-electron chi connectivity index (χ3n) is 4.40. The average molecular weight is 338 g/mol. The summed E-state index contributed by atoms with van der Waals surface area (Å²) in [6.45, 7) is 1.98. The second kappa shape index (κ2) is 5.53. The van der Waals surface area contributed by atoms with E-state index in [0.717, 1.165) is 16.0 Å². The number of nitrogens with zero attached hydrogens (tertiary/aromatic N) is 1. The van der Waals surface area contributed by atoms with E-state index in [4.69, 9.17) is 4.84 Å². The van der Waals surface area contributed by atoms with Crippen molar-refractivity contribution >= 4 is 23.2 Å². The largest absolute Gasteiger partial charge is 0.274 e. The van der Waals surface area contributed by atoms with Crippen molar-refractivity contribution in [3.8, 4) is 0 Å². The van der Waals surface area contributed by atoms with Gasteiger partial charge in [0.05, 0.1) is 17.8 Å². The number of carbonyl (C=O) groups excluding carboxylic acids is 2. The molecule has 2 aromatic rings. The second-order valence-corrected chi connectivity index (χ2v) is 6.21. The third kappa shape index (κ3) is 2.51. The molecule has 0 saturated carbocycles. The zero-order valence-corrected chi connectivity index (χ0v) is 13.5. The normalized spacial score (nSPS) is 22.5. The second-order valence-electron chi connectivity index (χ2n) is 6.21. The Bertz CT molecular complexity index is 890. The van der Waals surface area contributed by atoms with Crippen molar-refractivity contribution < 1.29 is 18.8 Å². The van der Waals surface area contributed by atoms with Crippen molar-refractivity contribution in [3.63, 3.8) is 0 Å². The maximum Gasteiger partial charge on any atom is 0.273 e. The van der Waals surface area contributed by atoms with Crippen molar-refractivity contribution in [1.29, 1.82) is 0 Å². The maximum absolute atomic E-state index is 13.1. The SMILES string of the molecule is Cc1ccc(C2=C[C@]3(CC(=O)N(c4ccc(F)cc4)C3=O)ON2)cc1. The number of amides is 2. The van der Waals surface area contributed by atoms with Crippen LogP contribution >= 0.6 is 0 Å². The van der Waals surface area contributed by atoms with Crippen molar-refractivity contribution in [3.05, 3.63) is 71.6 Å². The van der Waals surface area contributed by atoms with Crippen LogP contribution in [0.15, 0.2) is 54.6 Å². The Kier molecular flexibility index (Phi) is 3.43. The molecule has 0 aliphatic carbocycles. The summed E-state index contributed by atoms with van der Waals surface area (Å²) in [4.78, 5) is 31.8. The highest BCUT2D eigenvalue weighted by molar-refractivity contribution is 6.25. The molecule has 2 amide bonds. The summed E-state index contributed by atoms with van der Waals surface area (Å²) in [6, 6.07) is 13.0. The van der Waals surface area contributed by atoms with Gasteiger partial charge < -0.3 is 0 Å². The first-order valence-corrected chi connectivity index (χ1v) is 7.85. The molecule has 1 spiro atoms. The Balaban J connectivity index is 1.67. The van der Waals surface area contributed by atoms with Crippen LogP contribution in [0.3, 0.4) is 0 Å². The Hall–Kier alpha value is -2.99. The predicted molar refractivity (Wildman–Crippen MR) is 89.6 cm³/mol. The monoisotopic (exact) mass is 338 g/mol. The van der Waals surface area contributed by atoms with E-state index in [1.165, 1.54) is 24.3 Å². The summed E-state index contributed by atoms with van der Waals surface area (Å²) in [5.41, 5.74) is 4.34. The van der Waals surface area contributed by atoms with E-state index < -0.39 is 17.3 Å². The molecule has 1 fully saturated rings. The molecule has 5 nitrogen and oxygen atoms in total. The molecule has 0 bridgehead atoms. The lowest BCUT2D eigenvalue weighted by molar-refractivity contribution is -0.136. The van der Waals surface area contributed by atoms with Crippen LogP contribution < -0.4 is 10.4 Å². The van der Waals surface area contributed by atoms with Crippen molar-refractivity contribution in [1.82, 2.24) is 5.48 Å². The van der Waals surface area contributed by atoms with Gasteiger partial charge in [-0.2, -0.15) is 0 Å². The smallest absolute Gasteiger partial charge is 0.273 e. The molecule has 6 heteroatoms. The van der Waals surface area contributed by atoms with Gasteiger partial charge in [-0.1, -0.05) is 29.8 Å². The van der Waals surface area contributed by atoms with Gasteiger partial charge in [-0.3, -0.25) is 19.9 Å². The summed E-state index contributed by atoms with van der Waals surface area (Å²) in [5, 5.41) is 0. The van der Waals surface area contributed by atoms with Gasteiger partial charge in [0.15, 0.2) is 0 Å². The lowest BCUT2D eigenvalue weighted by Crippen LogP contribution is -2.40. The fourth-order valence-electron chi connectivity index (χ4n) is 3.04. The lowest BCUT2D eigenvalue weighted by Gasteiger charge is -2.18. The average Bonchev–Trinajstić information content (AvgIpc) is 3.12. The van der Waals surface area contributed by atoms with Crippen molar-refractivity contribution in [2.45, 2.75) is 18.9 Å². The van der Waals surface area contributed by atoms with Crippen LogP contribution in [0, 0.1) is 12.7 Å². The number of nitrogens with one attached hydrogen (secondary N) is 1. The minimum absolute atomic E-state index is 0.106. The highest BCUT2D eigenvalue weighted by Crippen LogP contribution is 2.37. The van der Waals surface area contributed by atoms with Crippen LogP contribution in [0.25, 0.3) is 5.70 Å². The molecular weight excluding hydrogens is 323 g/mol. The van der Waals surface area contributed by atoms with Gasteiger partial charge in [0, 0.05) is 0 Å². The van der Waals surface area contributed by atoms with E-state index in [-0.39, 0.29) is 12.3 Å². The Morgan fingerprint density at radius 3 is 2.44 bits per heavy atom. The molecular formula is C19H15FN2O3. The number of carbonyl (C=O) groups is 2. The Morgan fingerprint density at radius 1 is 1.08 bits per heavy atom. The van der Waals surface area contributed by atoms with Gasteiger partial charge in [0.2, 0.25) is 11.5 Å². The number of hydrogen-bond donors (Lipinski definition) is 1. The minimum atomic E-state index is -1.37. The number of benzene rings is 2. The number of aryl methyl sites for hydroxylation is 1. The van der Waals surface area contributed by atoms with Gasteiger partial charge in [-0.25, -0.2) is 9.29 Å². The van der Waals surface area contributed by atoms with Crippen LogP contribution in [0.5, 0.6) is 0 Å². The molecule has 2 aromatic carbocycles. The molecule has 1 atom stereocenters. The number of hydroxylamine groups is 1. The molecule has 0 radical (unpaired) electrons. The summed E-state index contributed by atoms with van der Waals surface area (Å²) in [5.74, 6) is -1.31. The molecule has 126 valence electrons. The number of halogens is 1. The van der Waals surface area contributed by atoms with Crippen LogP contribution in [-0.2, 0) is 14.4 Å². The Labute approximate surface area is 143 Å².